The Kier molecular flexibility index (Phi) is 7.48. The van der Waals surface area contributed by atoms with Gasteiger partial charge in [-0.15, -0.1) is 13.2 Å². The van der Waals surface area contributed by atoms with Gasteiger partial charge in [-0.3, -0.25) is 4.79 Å². The molecule has 0 aliphatic heterocycles. The van der Waals surface area contributed by atoms with Crippen LogP contribution in [0.1, 0.15) is 29.5 Å². The maximum absolute atomic E-state index is 13.1. The van der Waals surface area contributed by atoms with Crippen LogP contribution in [0.5, 0.6) is 0 Å². The van der Waals surface area contributed by atoms with E-state index < -0.39 is 34.9 Å². The summed E-state index contributed by atoms with van der Waals surface area (Å²) in [6.45, 7) is 7.29. The lowest BCUT2D eigenvalue weighted by molar-refractivity contribution is -0.143. The summed E-state index contributed by atoms with van der Waals surface area (Å²) in [5, 5.41) is 10.1. The second-order valence-corrected chi connectivity index (χ2v) is 8.28. The molecule has 36 heavy (non-hydrogen) atoms. The van der Waals surface area contributed by atoms with Gasteiger partial charge in [0.2, 0.25) is 0 Å². The first kappa shape index (κ1) is 26.8. The maximum atomic E-state index is 13.1. The van der Waals surface area contributed by atoms with Crippen LogP contribution in [0.3, 0.4) is 0 Å². The molecule has 0 spiro atoms. The number of carboxylic acids is 1. The molecule has 1 N–H and O–H groups in total. The second kappa shape index (κ2) is 10.0. The van der Waals surface area contributed by atoms with Gasteiger partial charge in [-0.05, 0) is 71.0 Å². The molecule has 0 saturated heterocycles. The number of aliphatic carboxylic acids is 1. The highest BCUT2D eigenvalue weighted by molar-refractivity contribution is 5.87. The number of hydrogen-bond donors (Lipinski definition) is 1. The van der Waals surface area contributed by atoms with Crippen molar-refractivity contribution in [2.24, 2.45) is 0 Å². The normalized spacial score (nSPS) is 12.3. The summed E-state index contributed by atoms with van der Waals surface area (Å²) in [4.78, 5) is 12.4. The molecule has 188 valence electrons. The highest BCUT2D eigenvalue weighted by Crippen LogP contribution is 2.41. The van der Waals surface area contributed by atoms with Gasteiger partial charge in [0, 0.05) is 0 Å². The number of rotatable bonds is 8. The van der Waals surface area contributed by atoms with E-state index in [2.05, 4.69) is 13.2 Å². The zero-order valence-electron chi connectivity index (χ0n) is 19.0. The minimum Gasteiger partial charge on any atom is -0.481 e. The summed E-state index contributed by atoms with van der Waals surface area (Å²) < 4.78 is 78.4. The van der Waals surface area contributed by atoms with Crippen LogP contribution in [0.25, 0.3) is 22.3 Å². The molecule has 0 radical (unpaired) electrons. The zero-order chi connectivity index (χ0) is 26.7. The van der Waals surface area contributed by atoms with Crippen molar-refractivity contribution in [3.63, 3.8) is 0 Å². The molecule has 8 heteroatoms. The molecule has 0 saturated carbocycles. The van der Waals surface area contributed by atoms with Crippen LogP contribution >= 0.6 is 0 Å². The highest BCUT2D eigenvalue weighted by atomic mass is 19.4. The first-order chi connectivity index (χ1) is 16.8. The Bertz CT molecular complexity index is 1240. The molecule has 0 heterocycles. The number of benzene rings is 3. The molecule has 0 bridgehead atoms. The van der Waals surface area contributed by atoms with E-state index in [1.165, 1.54) is 36.4 Å². The molecule has 3 aromatic carbocycles. The van der Waals surface area contributed by atoms with E-state index in [1.54, 1.807) is 18.2 Å². The van der Waals surface area contributed by atoms with Crippen molar-refractivity contribution in [1.82, 2.24) is 0 Å². The summed E-state index contributed by atoms with van der Waals surface area (Å²) in [5.74, 6) is -1.14. The standard InChI is InChI=1S/C28H22F6O2/c1-3-15-26(16-4-2,25(35)36)22-13-14-23(18-5-9-20(10-6-18)27(29,30)31)24(17-22)19-7-11-21(12-8-19)28(32,33)34/h3-14,17H,1-2,15-16H2,(H,35,36). The first-order valence-electron chi connectivity index (χ1n) is 10.8. The monoisotopic (exact) mass is 504 g/mol. The number of carbonyl (C=O) groups is 1. The average Bonchev–Trinajstić information content (AvgIpc) is 2.82. The van der Waals surface area contributed by atoms with Gasteiger partial charge >= 0.3 is 18.3 Å². The lowest BCUT2D eigenvalue weighted by Gasteiger charge is -2.29. The number of hydrogen-bond acceptors (Lipinski definition) is 1. The Balaban J connectivity index is 2.26. The van der Waals surface area contributed by atoms with E-state index >= 15 is 0 Å². The molecular weight excluding hydrogens is 482 g/mol. The minimum atomic E-state index is -4.55. The number of allylic oxidation sites excluding steroid dienone is 2. The molecule has 0 unspecified atom stereocenters. The summed E-state index contributed by atoms with van der Waals surface area (Å²) >= 11 is 0. The minimum absolute atomic E-state index is 0.0560. The third kappa shape index (κ3) is 5.37. The molecule has 0 aliphatic rings. The second-order valence-electron chi connectivity index (χ2n) is 8.28. The van der Waals surface area contributed by atoms with Crippen molar-refractivity contribution in [2.45, 2.75) is 30.6 Å². The predicted octanol–water partition coefficient (Wildman–Crippen LogP) is 8.53. The van der Waals surface area contributed by atoms with Gasteiger partial charge in [0.25, 0.3) is 0 Å². The van der Waals surface area contributed by atoms with Crippen LogP contribution < -0.4 is 0 Å². The van der Waals surface area contributed by atoms with Crippen molar-refractivity contribution in [1.29, 1.82) is 0 Å². The van der Waals surface area contributed by atoms with E-state index in [9.17, 15) is 36.2 Å². The van der Waals surface area contributed by atoms with Gasteiger partial charge < -0.3 is 5.11 Å². The Morgan fingerprint density at radius 1 is 0.667 bits per heavy atom. The lowest BCUT2D eigenvalue weighted by Crippen LogP contribution is -2.35. The van der Waals surface area contributed by atoms with Gasteiger partial charge in [-0.25, -0.2) is 0 Å². The SMILES string of the molecule is C=CCC(CC=C)(C(=O)O)c1ccc(-c2ccc(C(F)(F)F)cc2)c(-c2ccc(C(F)(F)F)cc2)c1. The van der Waals surface area contributed by atoms with Crippen LogP contribution in [0.4, 0.5) is 26.3 Å². The van der Waals surface area contributed by atoms with Crippen molar-refractivity contribution in [3.05, 3.63) is 109 Å². The third-order valence-corrected chi connectivity index (χ3v) is 6.01. The Morgan fingerprint density at radius 3 is 1.42 bits per heavy atom. The van der Waals surface area contributed by atoms with Gasteiger partial charge in [-0.1, -0.05) is 48.6 Å². The summed E-state index contributed by atoms with van der Waals surface area (Å²) in [6, 6.07) is 13.3. The first-order valence-corrected chi connectivity index (χ1v) is 10.8. The molecule has 0 amide bonds. The Hall–Kier alpha value is -3.81. The van der Waals surface area contributed by atoms with Crippen molar-refractivity contribution < 1.29 is 36.2 Å². The van der Waals surface area contributed by atoms with Crippen molar-refractivity contribution in [3.8, 4) is 22.3 Å². The number of alkyl halides is 6. The fourth-order valence-electron chi connectivity index (χ4n) is 4.12. The average molecular weight is 504 g/mol. The molecule has 0 atom stereocenters. The quantitative estimate of drug-likeness (QED) is 0.247. The summed E-state index contributed by atoms with van der Waals surface area (Å²) in [5.41, 5.74) is -1.24. The van der Waals surface area contributed by atoms with E-state index in [1.807, 2.05) is 0 Å². The van der Waals surface area contributed by atoms with E-state index in [4.69, 9.17) is 0 Å². The van der Waals surface area contributed by atoms with E-state index in [0.717, 1.165) is 24.3 Å². The van der Waals surface area contributed by atoms with Crippen LogP contribution in [-0.4, -0.2) is 11.1 Å². The smallest absolute Gasteiger partial charge is 0.416 e. The molecular formula is C28H22F6O2. The molecule has 0 aliphatic carbocycles. The van der Waals surface area contributed by atoms with Gasteiger partial charge in [-0.2, -0.15) is 26.3 Å². The van der Waals surface area contributed by atoms with E-state index in [-0.39, 0.29) is 12.8 Å². The predicted molar refractivity (Wildman–Crippen MR) is 126 cm³/mol. The van der Waals surface area contributed by atoms with Crippen LogP contribution in [0.15, 0.2) is 92.0 Å². The Labute approximate surface area is 204 Å². The summed E-state index contributed by atoms with van der Waals surface area (Å²) in [6.07, 6.45) is -6.06. The fraction of sp³-hybridized carbons (Fsp3) is 0.179. The van der Waals surface area contributed by atoms with Crippen molar-refractivity contribution in [2.75, 3.05) is 0 Å². The molecule has 3 aromatic rings. The highest BCUT2D eigenvalue weighted by Gasteiger charge is 2.39. The molecule has 0 fully saturated rings. The van der Waals surface area contributed by atoms with Gasteiger partial charge in [0.15, 0.2) is 0 Å². The van der Waals surface area contributed by atoms with E-state index in [0.29, 0.717) is 27.8 Å². The van der Waals surface area contributed by atoms with Crippen molar-refractivity contribution >= 4 is 5.97 Å². The molecule has 3 rings (SSSR count). The number of halogens is 6. The largest absolute Gasteiger partial charge is 0.481 e. The molecule has 2 nitrogen and oxygen atoms in total. The van der Waals surface area contributed by atoms with Crippen LogP contribution in [-0.2, 0) is 22.6 Å². The van der Waals surface area contributed by atoms with Crippen LogP contribution in [0, 0.1) is 0 Å². The number of carboxylic acid groups (broad SMARTS) is 1. The Morgan fingerprint density at radius 2 is 1.06 bits per heavy atom. The topological polar surface area (TPSA) is 37.3 Å². The third-order valence-electron chi connectivity index (χ3n) is 6.01. The zero-order valence-corrected chi connectivity index (χ0v) is 19.0. The molecule has 0 aromatic heterocycles. The van der Waals surface area contributed by atoms with Crippen LogP contribution in [0.2, 0.25) is 0 Å². The summed E-state index contributed by atoms with van der Waals surface area (Å²) in [7, 11) is 0. The van der Waals surface area contributed by atoms with Gasteiger partial charge in [0.05, 0.1) is 16.5 Å². The fourth-order valence-corrected chi connectivity index (χ4v) is 4.12. The van der Waals surface area contributed by atoms with Gasteiger partial charge in [0.1, 0.15) is 0 Å². The lowest BCUT2D eigenvalue weighted by atomic mass is 9.73. The maximum Gasteiger partial charge on any atom is 0.416 e.